The fourth-order valence-electron chi connectivity index (χ4n) is 2.79. The minimum Gasteiger partial charge on any atom is -0.497 e. The lowest BCUT2D eigenvalue weighted by Crippen LogP contribution is -2.19. The number of ether oxygens (including phenoxy) is 2. The van der Waals surface area contributed by atoms with Crippen LogP contribution in [0.4, 0.5) is 0 Å². The van der Waals surface area contributed by atoms with Crippen LogP contribution >= 0.6 is 0 Å². The number of benzene rings is 1. The average Bonchev–Trinajstić information content (AvgIpc) is 3.02. The molecule has 0 spiro atoms. The van der Waals surface area contributed by atoms with Crippen molar-refractivity contribution in [3.05, 3.63) is 52.8 Å². The Hall–Kier alpha value is -3.42. The maximum Gasteiger partial charge on any atom is 0.266 e. The first kappa shape index (κ1) is 15.1. The minimum absolute atomic E-state index is 0.219. The first-order chi connectivity index (χ1) is 12.1. The molecule has 4 rings (SSSR count). The Morgan fingerprint density at radius 2 is 1.96 bits per heavy atom. The average molecular weight is 337 g/mol. The van der Waals surface area contributed by atoms with Gasteiger partial charge in [-0.2, -0.15) is 9.50 Å². The third kappa shape index (κ3) is 2.30. The van der Waals surface area contributed by atoms with E-state index in [9.17, 15) is 4.79 Å². The largest absolute Gasteiger partial charge is 0.497 e. The molecule has 0 aliphatic rings. The second-order valence-electron chi connectivity index (χ2n) is 5.46. The van der Waals surface area contributed by atoms with E-state index >= 15 is 0 Å². The summed E-state index contributed by atoms with van der Waals surface area (Å²) in [6.45, 7) is 1.78. The predicted octanol–water partition coefficient (Wildman–Crippen LogP) is 1.75. The van der Waals surface area contributed by atoms with E-state index in [1.165, 1.54) is 10.8 Å². The smallest absolute Gasteiger partial charge is 0.266 e. The molecule has 3 aromatic heterocycles. The Morgan fingerprint density at radius 1 is 1.12 bits per heavy atom. The molecule has 0 atom stereocenters. The van der Waals surface area contributed by atoms with Gasteiger partial charge < -0.3 is 9.47 Å². The maximum atomic E-state index is 13.0. The van der Waals surface area contributed by atoms with E-state index < -0.39 is 0 Å². The van der Waals surface area contributed by atoms with Gasteiger partial charge in [-0.1, -0.05) is 0 Å². The van der Waals surface area contributed by atoms with E-state index in [1.807, 2.05) is 6.07 Å². The molecule has 0 amide bonds. The molecule has 8 heteroatoms. The van der Waals surface area contributed by atoms with E-state index in [0.717, 1.165) is 0 Å². The van der Waals surface area contributed by atoms with Crippen molar-refractivity contribution in [2.24, 2.45) is 0 Å². The number of aryl methyl sites for hydroxylation is 1. The molecule has 8 nitrogen and oxygen atoms in total. The van der Waals surface area contributed by atoms with Crippen LogP contribution < -0.4 is 15.0 Å². The Morgan fingerprint density at radius 3 is 2.72 bits per heavy atom. The molecule has 0 radical (unpaired) electrons. The highest BCUT2D eigenvalue weighted by atomic mass is 16.5. The van der Waals surface area contributed by atoms with Crippen LogP contribution in [0, 0.1) is 6.92 Å². The summed E-state index contributed by atoms with van der Waals surface area (Å²) in [4.78, 5) is 21.4. The van der Waals surface area contributed by atoms with Crippen molar-refractivity contribution in [3.63, 3.8) is 0 Å². The number of methoxy groups -OCH3 is 2. The van der Waals surface area contributed by atoms with Gasteiger partial charge in [-0.15, -0.1) is 5.10 Å². The normalized spacial score (nSPS) is 11.2. The zero-order valence-corrected chi connectivity index (χ0v) is 13.9. The number of fused-ring (bicyclic) bond motifs is 3. The fourth-order valence-corrected chi connectivity index (χ4v) is 2.79. The maximum absolute atomic E-state index is 13.0. The molecule has 3 heterocycles. The van der Waals surface area contributed by atoms with Crippen LogP contribution in [0.2, 0.25) is 0 Å². The van der Waals surface area contributed by atoms with Gasteiger partial charge in [0.2, 0.25) is 0 Å². The van der Waals surface area contributed by atoms with E-state index in [-0.39, 0.29) is 5.56 Å². The molecule has 1 aromatic carbocycles. The quantitative estimate of drug-likeness (QED) is 0.566. The van der Waals surface area contributed by atoms with Gasteiger partial charge in [0.25, 0.3) is 11.3 Å². The zero-order valence-electron chi connectivity index (χ0n) is 13.9. The van der Waals surface area contributed by atoms with Gasteiger partial charge in [-0.3, -0.25) is 9.36 Å². The zero-order chi connectivity index (χ0) is 17.6. The molecule has 126 valence electrons. The first-order valence-corrected chi connectivity index (χ1v) is 7.58. The number of hydrogen-bond acceptors (Lipinski definition) is 6. The summed E-state index contributed by atoms with van der Waals surface area (Å²) < 4.78 is 13.7. The summed E-state index contributed by atoms with van der Waals surface area (Å²) in [5.74, 6) is 2.24. The summed E-state index contributed by atoms with van der Waals surface area (Å²) in [6, 6.07) is 7.09. The predicted molar refractivity (Wildman–Crippen MR) is 91.7 cm³/mol. The van der Waals surface area contributed by atoms with Crippen molar-refractivity contribution in [2.75, 3.05) is 14.2 Å². The van der Waals surface area contributed by atoms with Gasteiger partial charge in [0, 0.05) is 18.5 Å². The number of rotatable bonds is 3. The molecule has 0 N–H and O–H groups in total. The van der Waals surface area contributed by atoms with Crippen molar-refractivity contribution in [3.8, 4) is 17.2 Å². The second-order valence-corrected chi connectivity index (χ2v) is 5.46. The highest BCUT2D eigenvalue weighted by molar-refractivity contribution is 5.79. The third-order valence-electron chi connectivity index (χ3n) is 3.99. The molecule has 0 saturated carbocycles. The third-order valence-corrected chi connectivity index (χ3v) is 3.99. The lowest BCUT2D eigenvalue weighted by atomic mass is 10.2. The lowest BCUT2D eigenvalue weighted by Gasteiger charge is -2.13. The summed E-state index contributed by atoms with van der Waals surface area (Å²) in [6.07, 6.45) is 3.21. The summed E-state index contributed by atoms with van der Waals surface area (Å²) in [5.41, 5.74) is 1.05. The molecule has 0 bridgehead atoms. The van der Waals surface area contributed by atoms with E-state index in [0.29, 0.717) is 39.7 Å². The van der Waals surface area contributed by atoms with Gasteiger partial charge in [-0.25, -0.2) is 4.98 Å². The Bertz CT molecular complexity index is 1160. The van der Waals surface area contributed by atoms with E-state index in [2.05, 4.69) is 15.1 Å². The van der Waals surface area contributed by atoms with Crippen LogP contribution in [0.3, 0.4) is 0 Å². The summed E-state index contributed by atoms with van der Waals surface area (Å²) >= 11 is 0. The number of pyridine rings is 1. The van der Waals surface area contributed by atoms with Crippen LogP contribution in [0.5, 0.6) is 11.5 Å². The van der Waals surface area contributed by atoms with Crippen molar-refractivity contribution in [1.29, 1.82) is 0 Å². The summed E-state index contributed by atoms with van der Waals surface area (Å²) in [7, 11) is 3.13. The standard InChI is InChI=1S/C17H15N5O3/c1-10-19-17-18-9-12-13(22(17)20-10)6-7-21(16(12)23)14-5-4-11(24-2)8-15(14)25-3/h4-9H,1-3H3. The van der Waals surface area contributed by atoms with Crippen LogP contribution in [0.25, 0.3) is 22.4 Å². The van der Waals surface area contributed by atoms with E-state index in [1.54, 1.807) is 50.1 Å². The van der Waals surface area contributed by atoms with Crippen molar-refractivity contribution < 1.29 is 9.47 Å². The molecule has 0 aliphatic carbocycles. The molecule has 0 unspecified atom stereocenters. The van der Waals surface area contributed by atoms with Crippen LogP contribution in [-0.2, 0) is 0 Å². The Labute approximate surface area is 142 Å². The molecule has 25 heavy (non-hydrogen) atoms. The van der Waals surface area contributed by atoms with Crippen molar-refractivity contribution >= 4 is 16.7 Å². The fraction of sp³-hybridized carbons (Fsp3) is 0.176. The van der Waals surface area contributed by atoms with Crippen LogP contribution in [0.1, 0.15) is 5.82 Å². The van der Waals surface area contributed by atoms with Gasteiger partial charge in [-0.05, 0) is 25.1 Å². The molecular weight excluding hydrogens is 322 g/mol. The summed E-state index contributed by atoms with van der Waals surface area (Å²) in [5, 5.41) is 4.74. The SMILES string of the molecule is COc1ccc(-n2ccc3c(cnc4nc(C)nn43)c2=O)c(OC)c1. The highest BCUT2D eigenvalue weighted by Crippen LogP contribution is 2.27. The van der Waals surface area contributed by atoms with Crippen LogP contribution in [0.15, 0.2) is 41.5 Å². The van der Waals surface area contributed by atoms with Gasteiger partial charge >= 0.3 is 0 Å². The number of aromatic nitrogens is 5. The minimum atomic E-state index is -0.219. The van der Waals surface area contributed by atoms with Gasteiger partial charge in [0.1, 0.15) is 17.3 Å². The monoisotopic (exact) mass is 337 g/mol. The van der Waals surface area contributed by atoms with Crippen molar-refractivity contribution in [2.45, 2.75) is 6.92 Å². The van der Waals surface area contributed by atoms with Gasteiger partial charge in [0.05, 0.1) is 30.8 Å². The van der Waals surface area contributed by atoms with Crippen molar-refractivity contribution in [1.82, 2.24) is 24.1 Å². The molecule has 0 fully saturated rings. The molecular formula is C17H15N5O3. The molecule has 0 aliphatic heterocycles. The topological polar surface area (TPSA) is 83.5 Å². The number of hydrogen-bond donors (Lipinski definition) is 0. The second kappa shape index (κ2) is 5.59. The lowest BCUT2D eigenvalue weighted by molar-refractivity contribution is 0.393. The molecule has 4 aromatic rings. The Balaban J connectivity index is 1.99. The van der Waals surface area contributed by atoms with E-state index in [4.69, 9.17) is 9.47 Å². The highest BCUT2D eigenvalue weighted by Gasteiger charge is 2.13. The van der Waals surface area contributed by atoms with Crippen LogP contribution in [-0.4, -0.2) is 38.4 Å². The molecule has 0 saturated heterocycles. The first-order valence-electron chi connectivity index (χ1n) is 7.58. The van der Waals surface area contributed by atoms with Gasteiger partial charge in [0.15, 0.2) is 0 Å². The number of nitrogens with zero attached hydrogens (tertiary/aromatic N) is 5. The Kier molecular flexibility index (Phi) is 3.38.